The minimum absolute atomic E-state index is 0.188. The Bertz CT molecular complexity index is 1190. The number of nitrogens with one attached hydrogen (secondary N) is 1. The number of nitrogens with zero attached hydrogens (tertiary/aromatic N) is 5. The SMILES string of the molecule is CSCCC(O)C(=O)N1CCC(c2nc(C(=O)Nc3cccnc3-n3nc(C)cc3C)cs2)CC1. The van der Waals surface area contributed by atoms with Crippen LogP contribution in [0.2, 0.25) is 0 Å². The Morgan fingerprint density at radius 2 is 2.09 bits per heavy atom. The number of thioether (sulfide) groups is 1. The number of aryl methyl sites for hydroxylation is 2. The molecule has 2 N–H and O–H groups in total. The van der Waals surface area contributed by atoms with Gasteiger partial charge in [0.2, 0.25) is 0 Å². The van der Waals surface area contributed by atoms with Crippen molar-refractivity contribution in [3.63, 3.8) is 0 Å². The van der Waals surface area contributed by atoms with Crippen molar-refractivity contribution in [1.29, 1.82) is 0 Å². The summed E-state index contributed by atoms with van der Waals surface area (Å²) in [7, 11) is 0. The van der Waals surface area contributed by atoms with Crippen LogP contribution in [0.4, 0.5) is 5.69 Å². The van der Waals surface area contributed by atoms with Gasteiger partial charge in [-0.3, -0.25) is 9.59 Å². The number of likely N-dealkylation sites (tertiary alicyclic amines) is 1. The summed E-state index contributed by atoms with van der Waals surface area (Å²) in [6, 6.07) is 5.52. The summed E-state index contributed by atoms with van der Waals surface area (Å²) in [5.41, 5.74) is 2.72. The maximum Gasteiger partial charge on any atom is 0.275 e. The van der Waals surface area contributed by atoms with Crippen LogP contribution in [-0.4, -0.2) is 72.8 Å². The number of piperidine rings is 1. The van der Waals surface area contributed by atoms with E-state index in [1.807, 2.05) is 26.2 Å². The average Bonchev–Trinajstić information content (AvgIpc) is 3.49. The smallest absolute Gasteiger partial charge is 0.275 e. The molecule has 4 heterocycles. The third kappa shape index (κ3) is 5.91. The molecule has 3 aromatic heterocycles. The molecule has 0 aliphatic carbocycles. The number of amides is 2. The van der Waals surface area contributed by atoms with Gasteiger partial charge in [-0.1, -0.05) is 0 Å². The lowest BCUT2D eigenvalue weighted by molar-refractivity contribution is -0.141. The predicted molar refractivity (Wildman–Crippen MR) is 138 cm³/mol. The van der Waals surface area contributed by atoms with Crippen LogP contribution < -0.4 is 5.32 Å². The lowest BCUT2D eigenvalue weighted by Crippen LogP contribution is -2.43. The van der Waals surface area contributed by atoms with Gasteiger partial charge in [-0.2, -0.15) is 16.9 Å². The summed E-state index contributed by atoms with van der Waals surface area (Å²) >= 11 is 3.09. The average molecular weight is 515 g/mol. The van der Waals surface area contributed by atoms with Crippen molar-refractivity contribution in [2.75, 3.05) is 30.4 Å². The van der Waals surface area contributed by atoms with Crippen LogP contribution >= 0.6 is 23.1 Å². The van der Waals surface area contributed by atoms with Gasteiger partial charge >= 0.3 is 0 Å². The highest BCUT2D eigenvalue weighted by Gasteiger charge is 2.29. The van der Waals surface area contributed by atoms with Gasteiger partial charge in [0.25, 0.3) is 11.8 Å². The Morgan fingerprint density at radius 3 is 2.77 bits per heavy atom. The van der Waals surface area contributed by atoms with Crippen molar-refractivity contribution in [3.05, 3.63) is 51.9 Å². The molecule has 1 aliphatic heterocycles. The first-order valence-corrected chi connectivity index (χ1v) is 13.9. The van der Waals surface area contributed by atoms with Gasteiger partial charge in [-0.05, 0) is 63.3 Å². The van der Waals surface area contributed by atoms with E-state index in [0.717, 1.165) is 35.0 Å². The number of hydrogen-bond acceptors (Lipinski definition) is 8. The Hall–Kier alpha value is -2.76. The zero-order valence-electron chi connectivity index (χ0n) is 20.1. The van der Waals surface area contributed by atoms with E-state index in [1.54, 1.807) is 45.1 Å². The highest BCUT2D eigenvalue weighted by Crippen LogP contribution is 2.31. The minimum atomic E-state index is -0.930. The van der Waals surface area contributed by atoms with Crippen molar-refractivity contribution in [1.82, 2.24) is 24.6 Å². The number of carbonyl (C=O) groups is 2. The molecule has 4 rings (SSSR count). The first-order valence-electron chi connectivity index (χ1n) is 11.6. The molecule has 2 amide bonds. The number of carbonyl (C=O) groups excluding carboxylic acids is 2. The maximum absolute atomic E-state index is 13.0. The zero-order valence-corrected chi connectivity index (χ0v) is 21.7. The molecule has 1 atom stereocenters. The van der Waals surface area contributed by atoms with E-state index in [0.29, 0.717) is 36.7 Å². The number of thiazole rings is 1. The fourth-order valence-electron chi connectivity index (χ4n) is 4.18. The van der Waals surface area contributed by atoms with Crippen LogP contribution in [-0.2, 0) is 4.79 Å². The normalized spacial score (nSPS) is 15.3. The van der Waals surface area contributed by atoms with Gasteiger partial charge in [0.05, 0.1) is 16.4 Å². The van der Waals surface area contributed by atoms with Crippen LogP contribution in [0, 0.1) is 13.8 Å². The van der Waals surface area contributed by atoms with Crippen LogP contribution in [0.5, 0.6) is 0 Å². The van der Waals surface area contributed by atoms with E-state index in [1.165, 1.54) is 11.3 Å². The predicted octanol–water partition coefficient (Wildman–Crippen LogP) is 3.41. The quantitative estimate of drug-likeness (QED) is 0.474. The summed E-state index contributed by atoms with van der Waals surface area (Å²) in [5, 5.41) is 20.2. The summed E-state index contributed by atoms with van der Waals surface area (Å²) < 4.78 is 1.71. The van der Waals surface area contributed by atoms with Crippen LogP contribution in [0.15, 0.2) is 29.8 Å². The van der Waals surface area contributed by atoms with E-state index >= 15 is 0 Å². The standard InChI is InChI=1S/C24H30N6O3S2/c1-15-13-16(2)30(28-15)21-18(5-4-9-25-21)26-22(32)19-14-35-23(27-19)17-6-10-29(11-7-17)24(33)20(31)8-12-34-3/h4-5,9,13-14,17,20,31H,6-8,10-12H2,1-3H3,(H,26,32). The molecule has 0 spiro atoms. The lowest BCUT2D eigenvalue weighted by atomic mass is 9.97. The van der Waals surface area contributed by atoms with Gasteiger partial charge in [0.15, 0.2) is 5.82 Å². The Balaban J connectivity index is 1.38. The second-order valence-electron chi connectivity index (χ2n) is 8.64. The first kappa shape index (κ1) is 25.3. The van der Waals surface area contributed by atoms with E-state index in [2.05, 4.69) is 20.4 Å². The van der Waals surface area contributed by atoms with E-state index in [4.69, 9.17) is 0 Å². The summed E-state index contributed by atoms with van der Waals surface area (Å²) in [4.78, 5) is 36.2. The van der Waals surface area contributed by atoms with Crippen molar-refractivity contribution < 1.29 is 14.7 Å². The molecule has 11 heteroatoms. The molecule has 186 valence electrons. The fraction of sp³-hybridized carbons (Fsp3) is 0.458. The number of aromatic nitrogens is 4. The molecule has 1 unspecified atom stereocenters. The van der Waals surface area contributed by atoms with Gasteiger partial charge in [-0.25, -0.2) is 14.6 Å². The number of hydrogen-bond donors (Lipinski definition) is 2. The van der Waals surface area contributed by atoms with Crippen LogP contribution in [0.25, 0.3) is 5.82 Å². The second-order valence-corrected chi connectivity index (χ2v) is 10.5. The molecule has 0 aromatic carbocycles. The number of aliphatic hydroxyl groups excluding tert-OH is 1. The van der Waals surface area contributed by atoms with E-state index in [-0.39, 0.29) is 17.7 Å². The largest absolute Gasteiger partial charge is 0.383 e. The summed E-state index contributed by atoms with van der Waals surface area (Å²) in [6.45, 7) is 5.03. The van der Waals surface area contributed by atoms with Crippen molar-refractivity contribution in [2.24, 2.45) is 0 Å². The van der Waals surface area contributed by atoms with Crippen LogP contribution in [0.1, 0.15) is 52.1 Å². The van der Waals surface area contributed by atoms with Crippen molar-refractivity contribution in [3.8, 4) is 5.82 Å². The zero-order chi connectivity index (χ0) is 24.9. The molecule has 35 heavy (non-hydrogen) atoms. The molecule has 1 saturated heterocycles. The maximum atomic E-state index is 13.0. The number of pyridine rings is 1. The molecule has 9 nitrogen and oxygen atoms in total. The molecule has 0 radical (unpaired) electrons. The van der Waals surface area contributed by atoms with E-state index in [9.17, 15) is 14.7 Å². The Labute approximate surface area is 213 Å². The lowest BCUT2D eigenvalue weighted by Gasteiger charge is -2.32. The monoisotopic (exact) mass is 514 g/mol. The third-order valence-corrected chi connectivity index (χ3v) is 7.69. The Kier molecular flexibility index (Phi) is 8.19. The van der Waals surface area contributed by atoms with Crippen molar-refractivity contribution in [2.45, 2.75) is 45.1 Å². The van der Waals surface area contributed by atoms with Gasteiger partial charge in [-0.15, -0.1) is 11.3 Å². The minimum Gasteiger partial charge on any atom is -0.383 e. The second kappa shape index (κ2) is 11.3. The van der Waals surface area contributed by atoms with Crippen LogP contribution in [0.3, 0.4) is 0 Å². The Morgan fingerprint density at radius 1 is 1.31 bits per heavy atom. The highest BCUT2D eigenvalue weighted by atomic mass is 32.2. The van der Waals surface area contributed by atoms with Crippen molar-refractivity contribution >= 4 is 40.6 Å². The van der Waals surface area contributed by atoms with Gasteiger partial charge in [0.1, 0.15) is 11.8 Å². The third-order valence-electron chi connectivity index (χ3n) is 6.04. The molecular formula is C24H30N6O3S2. The molecule has 3 aromatic rings. The topological polar surface area (TPSA) is 113 Å². The number of rotatable bonds is 8. The molecule has 1 aliphatic rings. The number of anilines is 1. The highest BCUT2D eigenvalue weighted by molar-refractivity contribution is 7.98. The summed E-state index contributed by atoms with van der Waals surface area (Å²) in [6.07, 6.45) is 4.70. The summed E-state index contributed by atoms with van der Waals surface area (Å²) in [5.74, 6) is 1.02. The molecule has 0 bridgehead atoms. The first-order chi connectivity index (χ1) is 16.9. The number of aliphatic hydroxyl groups is 1. The fourth-order valence-corrected chi connectivity index (χ4v) is 5.61. The molecule has 0 saturated carbocycles. The van der Waals surface area contributed by atoms with E-state index < -0.39 is 6.10 Å². The molecular weight excluding hydrogens is 484 g/mol. The van der Waals surface area contributed by atoms with Gasteiger partial charge in [0, 0.05) is 36.3 Å². The van der Waals surface area contributed by atoms with Gasteiger partial charge < -0.3 is 15.3 Å². The molecule has 1 fully saturated rings.